The Kier molecular flexibility index (Phi) is 4.27. The van der Waals surface area contributed by atoms with E-state index in [4.69, 9.17) is 0 Å². The van der Waals surface area contributed by atoms with Crippen molar-refractivity contribution in [2.45, 2.75) is 27.3 Å². The minimum Gasteiger partial charge on any atom is -0.311 e. The number of nitrogens with one attached hydrogen (secondary N) is 1. The number of halogens is 1. The molecule has 1 heterocycles. The second kappa shape index (κ2) is 5.93. The molecule has 19 heavy (non-hydrogen) atoms. The first-order chi connectivity index (χ1) is 9.06. The largest absolute Gasteiger partial charge is 0.311 e. The average molecular weight is 262 g/mol. The molecule has 1 N–H and O–H groups in total. The van der Waals surface area contributed by atoms with Gasteiger partial charge < -0.3 is 5.32 Å². The zero-order valence-electron chi connectivity index (χ0n) is 11.5. The highest BCUT2D eigenvalue weighted by Crippen LogP contribution is 2.14. The average Bonchev–Trinajstić information content (AvgIpc) is 2.77. The summed E-state index contributed by atoms with van der Waals surface area (Å²) in [6, 6.07) is 4.64. The van der Waals surface area contributed by atoms with Crippen molar-refractivity contribution >= 4 is 0 Å². The molecule has 0 fully saturated rings. The Morgan fingerprint density at radius 3 is 2.84 bits per heavy atom. The number of aromatic nitrogens is 3. The van der Waals surface area contributed by atoms with E-state index < -0.39 is 0 Å². The summed E-state index contributed by atoms with van der Waals surface area (Å²) >= 11 is 0. The van der Waals surface area contributed by atoms with Crippen molar-refractivity contribution < 1.29 is 4.39 Å². The minimum absolute atomic E-state index is 0.236. The van der Waals surface area contributed by atoms with E-state index in [1.165, 1.54) is 12.1 Å². The molecule has 5 heteroatoms. The minimum atomic E-state index is -0.236. The van der Waals surface area contributed by atoms with Gasteiger partial charge in [0.1, 0.15) is 5.82 Å². The summed E-state index contributed by atoms with van der Waals surface area (Å²) in [6.07, 6.45) is 1.87. The maximum atomic E-state index is 13.1. The van der Waals surface area contributed by atoms with Gasteiger partial charge in [0.05, 0.1) is 17.6 Å². The first kappa shape index (κ1) is 13.7. The summed E-state index contributed by atoms with van der Waals surface area (Å²) in [6.45, 7) is 7.81. The number of benzene rings is 1. The first-order valence-corrected chi connectivity index (χ1v) is 6.44. The Bertz CT molecular complexity index is 548. The smallest absolute Gasteiger partial charge is 0.123 e. The summed E-state index contributed by atoms with van der Waals surface area (Å²) in [5.41, 5.74) is 2.57. The third-order valence-corrected chi connectivity index (χ3v) is 2.81. The molecule has 0 saturated heterocycles. The lowest BCUT2D eigenvalue weighted by Gasteiger charge is -2.05. The molecule has 2 rings (SSSR count). The van der Waals surface area contributed by atoms with Crippen molar-refractivity contribution in [2.75, 3.05) is 6.54 Å². The predicted molar refractivity (Wildman–Crippen MR) is 72.6 cm³/mol. The third kappa shape index (κ3) is 3.61. The molecule has 1 aromatic heterocycles. The number of rotatable bonds is 5. The molecule has 0 bridgehead atoms. The summed E-state index contributed by atoms with van der Waals surface area (Å²) in [5.74, 6) is 0.370. The third-order valence-electron chi connectivity index (χ3n) is 2.81. The fourth-order valence-corrected chi connectivity index (χ4v) is 1.86. The Hall–Kier alpha value is -1.75. The van der Waals surface area contributed by atoms with E-state index in [9.17, 15) is 4.39 Å². The second-order valence-electron chi connectivity index (χ2n) is 5.11. The van der Waals surface area contributed by atoms with Crippen molar-refractivity contribution in [3.8, 4) is 5.69 Å². The maximum absolute atomic E-state index is 13.1. The van der Waals surface area contributed by atoms with E-state index in [2.05, 4.69) is 29.5 Å². The normalized spacial score (nSPS) is 11.2. The quantitative estimate of drug-likeness (QED) is 0.900. The summed E-state index contributed by atoms with van der Waals surface area (Å²) < 4.78 is 14.7. The van der Waals surface area contributed by atoms with Crippen LogP contribution < -0.4 is 5.32 Å². The Morgan fingerprint density at radius 2 is 2.16 bits per heavy atom. The van der Waals surface area contributed by atoms with Crippen LogP contribution in [0.25, 0.3) is 5.69 Å². The van der Waals surface area contributed by atoms with Gasteiger partial charge in [-0.1, -0.05) is 19.1 Å². The lowest BCUT2D eigenvalue weighted by molar-refractivity contribution is 0.548. The molecule has 0 saturated carbocycles. The standard InChI is InChI=1S/C14H19FN4/c1-10(2)7-16-8-13-9-19(18-17-13)14-5-4-12(15)6-11(14)3/h4-6,9-10,16H,7-8H2,1-3H3. The molecule has 0 aliphatic heterocycles. The maximum Gasteiger partial charge on any atom is 0.123 e. The van der Waals surface area contributed by atoms with Crippen molar-refractivity contribution in [2.24, 2.45) is 5.92 Å². The Labute approximate surface area is 112 Å². The van der Waals surface area contributed by atoms with Crippen LogP contribution in [-0.2, 0) is 6.54 Å². The number of nitrogens with zero attached hydrogens (tertiary/aromatic N) is 3. The van der Waals surface area contributed by atoms with Gasteiger partial charge in [0, 0.05) is 6.54 Å². The first-order valence-electron chi connectivity index (χ1n) is 6.44. The molecule has 1 aromatic carbocycles. The lowest BCUT2D eigenvalue weighted by atomic mass is 10.2. The van der Waals surface area contributed by atoms with E-state index in [1.807, 2.05) is 13.1 Å². The van der Waals surface area contributed by atoms with Gasteiger partial charge >= 0.3 is 0 Å². The molecule has 0 radical (unpaired) electrons. The second-order valence-corrected chi connectivity index (χ2v) is 5.11. The van der Waals surface area contributed by atoms with E-state index in [0.717, 1.165) is 23.5 Å². The van der Waals surface area contributed by atoms with E-state index in [0.29, 0.717) is 12.5 Å². The molecule has 0 atom stereocenters. The fraction of sp³-hybridized carbons (Fsp3) is 0.429. The van der Waals surface area contributed by atoms with Crippen LogP contribution in [0.4, 0.5) is 4.39 Å². The van der Waals surface area contributed by atoms with Crippen LogP contribution in [0.5, 0.6) is 0 Å². The van der Waals surface area contributed by atoms with Crippen LogP contribution in [0.1, 0.15) is 25.1 Å². The van der Waals surface area contributed by atoms with E-state index >= 15 is 0 Å². The van der Waals surface area contributed by atoms with Crippen LogP contribution in [0.15, 0.2) is 24.4 Å². The van der Waals surface area contributed by atoms with Gasteiger partial charge in [-0.2, -0.15) is 0 Å². The van der Waals surface area contributed by atoms with Crippen LogP contribution in [0.2, 0.25) is 0 Å². The van der Waals surface area contributed by atoms with E-state index in [-0.39, 0.29) is 5.82 Å². The molecular weight excluding hydrogens is 243 g/mol. The highest BCUT2D eigenvalue weighted by Gasteiger charge is 2.06. The highest BCUT2D eigenvalue weighted by molar-refractivity contribution is 5.39. The van der Waals surface area contributed by atoms with Crippen LogP contribution in [0, 0.1) is 18.7 Å². The van der Waals surface area contributed by atoms with Crippen molar-refractivity contribution in [1.82, 2.24) is 20.3 Å². The molecule has 0 unspecified atom stereocenters. The van der Waals surface area contributed by atoms with Crippen molar-refractivity contribution in [1.29, 1.82) is 0 Å². The molecule has 0 amide bonds. The van der Waals surface area contributed by atoms with Gasteiger partial charge in [0.25, 0.3) is 0 Å². The lowest BCUT2D eigenvalue weighted by Crippen LogP contribution is -2.19. The SMILES string of the molecule is Cc1cc(F)ccc1-n1cc(CNCC(C)C)nn1. The number of hydrogen-bond donors (Lipinski definition) is 1. The monoisotopic (exact) mass is 262 g/mol. The van der Waals surface area contributed by atoms with Gasteiger partial charge in [0.15, 0.2) is 0 Å². The van der Waals surface area contributed by atoms with Gasteiger partial charge in [-0.05, 0) is 43.1 Å². The zero-order valence-corrected chi connectivity index (χ0v) is 11.5. The molecule has 2 aromatic rings. The van der Waals surface area contributed by atoms with Crippen molar-refractivity contribution in [3.05, 3.63) is 41.5 Å². The summed E-state index contributed by atoms with van der Waals surface area (Å²) in [5, 5.41) is 11.5. The topological polar surface area (TPSA) is 42.7 Å². The highest BCUT2D eigenvalue weighted by atomic mass is 19.1. The summed E-state index contributed by atoms with van der Waals surface area (Å²) in [4.78, 5) is 0. The summed E-state index contributed by atoms with van der Waals surface area (Å²) in [7, 11) is 0. The predicted octanol–water partition coefficient (Wildman–Crippen LogP) is 2.46. The van der Waals surface area contributed by atoms with Gasteiger partial charge in [-0.25, -0.2) is 9.07 Å². The molecular formula is C14H19FN4. The Balaban J connectivity index is 2.08. The fourth-order valence-electron chi connectivity index (χ4n) is 1.86. The molecule has 0 spiro atoms. The molecule has 4 nitrogen and oxygen atoms in total. The zero-order chi connectivity index (χ0) is 13.8. The molecule has 0 aliphatic rings. The van der Waals surface area contributed by atoms with E-state index in [1.54, 1.807) is 10.7 Å². The Morgan fingerprint density at radius 1 is 1.37 bits per heavy atom. The van der Waals surface area contributed by atoms with Crippen LogP contribution in [0.3, 0.4) is 0 Å². The van der Waals surface area contributed by atoms with Crippen LogP contribution in [-0.4, -0.2) is 21.5 Å². The van der Waals surface area contributed by atoms with Gasteiger partial charge in [0.2, 0.25) is 0 Å². The number of aryl methyl sites for hydroxylation is 1. The number of hydrogen-bond acceptors (Lipinski definition) is 3. The molecule has 102 valence electrons. The van der Waals surface area contributed by atoms with Crippen LogP contribution >= 0.6 is 0 Å². The van der Waals surface area contributed by atoms with Crippen molar-refractivity contribution in [3.63, 3.8) is 0 Å². The molecule has 0 aliphatic carbocycles. The van der Waals surface area contributed by atoms with Gasteiger partial charge in [-0.15, -0.1) is 5.10 Å². The van der Waals surface area contributed by atoms with Gasteiger partial charge in [-0.3, -0.25) is 0 Å².